The van der Waals surface area contributed by atoms with Crippen LogP contribution in [0.5, 0.6) is 0 Å². The van der Waals surface area contributed by atoms with Gasteiger partial charge in [-0.05, 0) is 28.9 Å². The molecule has 0 saturated carbocycles. The van der Waals surface area contributed by atoms with Crippen LogP contribution in [0, 0.1) is 0 Å². The molecule has 0 aliphatic rings. The van der Waals surface area contributed by atoms with Crippen molar-refractivity contribution < 1.29 is 9.53 Å². The average Bonchev–Trinajstić information content (AvgIpc) is 2.97. The Morgan fingerprint density at radius 1 is 1.48 bits per heavy atom. The van der Waals surface area contributed by atoms with Gasteiger partial charge in [0.15, 0.2) is 5.65 Å². The quantitative estimate of drug-likeness (QED) is 0.316. The van der Waals surface area contributed by atoms with Crippen LogP contribution >= 0.6 is 0 Å². The van der Waals surface area contributed by atoms with Crippen molar-refractivity contribution in [2.24, 2.45) is 5.11 Å². The zero-order valence-corrected chi connectivity index (χ0v) is 11.0. The predicted molar refractivity (Wildman–Crippen MR) is 73.1 cm³/mol. The second kappa shape index (κ2) is 5.06. The minimum absolute atomic E-state index is 0.0540. The summed E-state index contributed by atoms with van der Waals surface area (Å²) in [5, 5.41) is 15.5. The standard InChI is InChI=1S/C12H9N7O2/c1-2-21-12(20)9-10(14-16-13)7-5-3-4-6-8(7)19-11(9)15-17-18-19/h3-6H,2H2,1H3. The van der Waals surface area contributed by atoms with E-state index in [2.05, 4.69) is 25.6 Å². The van der Waals surface area contributed by atoms with E-state index >= 15 is 0 Å². The number of fused-ring (bicyclic) bond motifs is 3. The first-order valence-corrected chi connectivity index (χ1v) is 6.13. The molecule has 3 rings (SSSR count). The van der Waals surface area contributed by atoms with Crippen LogP contribution in [0.1, 0.15) is 17.3 Å². The molecule has 0 spiro atoms. The molecule has 9 heteroatoms. The molecule has 0 N–H and O–H groups in total. The van der Waals surface area contributed by atoms with Crippen molar-refractivity contribution in [3.63, 3.8) is 0 Å². The van der Waals surface area contributed by atoms with E-state index < -0.39 is 5.97 Å². The first-order chi connectivity index (χ1) is 10.3. The normalized spacial score (nSPS) is 10.5. The number of azide groups is 1. The topological polar surface area (TPSA) is 118 Å². The third-order valence-electron chi connectivity index (χ3n) is 2.94. The molecule has 104 valence electrons. The molecule has 1 aromatic carbocycles. The van der Waals surface area contributed by atoms with E-state index in [1.807, 2.05) is 0 Å². The van der Waals surface area contributed by atoms with Gasteiger partial charge in [-0.15, -0.1) is 5.10 Å². The maximum absolute atomic E-state index is 12.2. The minimum atomic E-state index is -0.634. The van der Waals surface area contributed by atoms with Crippen molar-refractivity contribution >= 4 is 28.2 Å². The number of hydrogen-bond donors (Lipinski definition) is 0. The molecule has 3 aromatic rings. The smallest absolute Gasteiger partial charge is 0.342 e. The Bertz CT molecular complexity index is 895. The van der Waals surface area contributed by atoms with Crippen LogP contribution < -0.4 is 0 Å². The van der Waals surface area contributed by atoms with Crippen molar-refractivity contribution in [2.75, 3.05) is 6.61 Å². The van der Waals surface area contributed by atoms with E-state index in [0.717, 1.165) is 0 Å². The van der Waals surface area contributed by atoms with Gasteiger partial charge in [0.05, 0.1) is 17.8 Å². The number of ether oxygens (including phenoxy) is 1. The molecule has 0 fully saturated rings. The Hall–Kier alpha value is -3.19. The second-order valence-electron chi connectivity index (χ2n) is 4.06. The van der Waals surface area contributed by atoms with E-state index in [-0.39, 0.29) is 23.5 Å². The maximum Gasteiger partial charge on any atom is 0.342 e. The number of benzene rings is 1. The molecule has 0 atom stereocenters. The van der Waals surface area contributed by atoms with E-state index in [0.29, 0.717) is 10.9 Å². The minimum Gasteiger partial charge on any atom is -0.462 e. The van der Waals surface area contributed by atoms with Crippen molar-refractivity contribution in [1.82, 2.24) is 20.0 Å². The number of aromatic nitrogens is 4. The highest BCUT2D eigenvalue weighted by atomic mass is 16.5. The Kier molecular flexibility index (Phi) is 3.09. The first kappa shape index (κ1) is 12.8. The van der Waals surface area contributed by atoms with Crippen LogP contribution in [0.15, 0.2) is 29.4 Å². The molecule has 0 aliphatic heterocycles. The van der Waals surface area contributed by atoms with Crippen LogP contribution in [-0.2, 0) is 4.74 Å². The SMILES string of the molecule is CCOC(=O)c1c(N=[N+]=[N-])c2ccccc2n2nnnc12. The second-order valence-corrected chi connectivity index (χ2v) is 4.06. The van der Waals surface area contributed by atoms with Gasteiger partial charge in [0.2, 0.25) is 0 Å². The molecule has 0 aliphatic carbocycles. The van der Waals surface area contributed by atoms with Gasteiger partial charge < -0.3 is 4.74 Å². The lowest BCUT2D eigenvalue weighted by atomic mass is 10.1. The van der Waals surface area contributed by atoms with Gasteiger partial charge in [-0.1, -0.05) is 23.3 Å². The zero-order valence-electron chi connectivity index (χ0n) is 11.0. The highest BCUT2D eigenvalue weighted by molar-refractivity contribution is 6.09. The number of carbonyl (C=O) groups excluding carboxylic acids is 1. The highest BCUT2D eigenvalue weighted by Gasteiger charge is 2.22. The molecule has 0 saturated heterocycles. The monoisotopic (exact) mass is 283 g/mol. The summed E-state index contributed by atoms with van der Waals surface area (Å²) in [5.41, 5.74) is 9.82. The molecule has 2 heterocycles. The van der Waals surface area contributed by atoms with Crippen molar-refractivity contribution in [3.05, 3.63) is 40.3 Å². The lowest BCUT2D eigenvalue weighted by molar-refractivity contribution is 0.0529. The van der Waals surface area contributed by atoms with Crippen molar-refractivity contribution in [1.29, 1.82) is 0 Å². The number of hydrogen-bond acceptors (Lipinski definition) is 6. The van der Waals surface area contributed by atoms with Crippen LogP contribution in [0.3, 0.4) is 0 Å². The fraction of sp³-hybridized carbons (Fsp3) is 0.167. The summed E-state index contributed by atoms with van der Waals surface area (Å²) in [5.74, 6) is -0.634. The van der Waals surface area contributed by atoms with E-state index in [1.165, 1.54) is 4.52 Å². The zero-order chi connectivity index (χ0) is 14.8. The summed E-state index contributed by atoms with van der Waals surface area (Å²) >= 11 is 0. The Morgan fingerprint density at radius 3 is 3.05 bits per heavy atom. The molecule has 0 bridgehead atoms. The van der Waals surface area contributed by atoms with Gasteiger partial charge in [-0.3, -0.25) is 0 Å². The molecule has 0 radical (unpaired) electrons. The molecule has 9 nitrogen and oxygen atoms in total. The van der Waals surface area contributed by atoms with E-state index in [1.54, 1.807) is 31.2 Å². The van der Waals surface area contributed by atoms with Crippen molar-refractivity contribution in [3.8, 4) is 0 Å². The summed E-state index contributed by atoms with van der Waals surface area (Å²) in [6.45, 7) is 1.88. The Balaban J connectivity index is 2.51. The van der Waals surface area contributed by atoms with Crippen LogP contribution in [-0.4, -0.2) is 32.6 Å². The number of pyridine rings is 1. The fourth-order valence-electron chi connectivity index (χ4n) is 2.14. The highest BCUT2D eigenvalue weighted by Crippen LogP contribution is 2.33. The lowest BCUT2D eigenvalue weighted by Crippen LogP contribution is -2.08. The number of esters is 1. The average molecular weight is 283 g/mol. The van der Waals surface area contributed by atoms with Gasteiger partial charge in [0, 0.05) is 10.3 Å². The number of tetrazole rings is 1. The van der Waals surface area contributed by atoms with Gasteiger partial charge in [-0.2, -0.15) is 4.52 Å². The molecule has 21 heavy (non-hydrogen) atoms. The third-order valence-corrected chi connectivity index (χ3v) is 2.94. The predicted octanol–water partition coefficient (Wildman–Crippen LogP) is 2.40. The summed E-state index contributed by atoms with van der Waals surface area (Å²) < 4.78 is 6.42. The number of carbonyl (C=O) groups is 1. The van der Waals surface area contributed by atoms with E-state index in [4.69, 9.17) is 10.3 Å². The molecular weight excluding hydrogens is 274 g/mol. The van der Waals surface area contributed by atoms with E-state index in [9.17, 15) is 4.79 Å². The van der Waals surface area contributed by atoms with Gasteiger partial charge >= 0.3 is 5.97 Å². The summed E-state index contributed by atoms with van der Waals surface area (Å²) in [4.78, 5) is 15.0. The number of nitrogens with zero attached hydrogens (tertiary/aromatic N) is 7. The Morgan fingerprint density at radius 2 is 2.29 bits per heavy atom. The molecule has 0 unspecified atom stereocenters. The van der Waals surface area contributed by atoms with Gasteiger partial charge in [-0.25, -0.2) is 4.79 Å². The first-order valence-electron chi connectivity index (χ1n) is 6.13. The summed E-state index contributed by atoms with van der Waals surface area (Å²) in [7, 11) is 0. The lowest BCUT2D eigenvalue weighted by Gasteiger charge is -2.09. The van der Waals surface area contributed by atoms with Gasteiger partial charge in [0.25, 0.3) is 0 Å². The van der Waals surface area contributed by atoms with Crippen LogP contribution in [0.2, 0.25) is 0 Å². The number of rotatable bonds is 3. The molecule has 0 amide bonds. The molecular formula is C12H9N7O2. The van der Waals surface area contributed by atoms with Crippen LogP contribution in [0.4, 0.5) is 5.69 Å². The summed E-state index contributed by atoms with van der Waals surface area (Å²) in [6.07, 6.45) is 0. The number of para-hydroxylation sites is 1. The van der Waals surface area contributed by atoms with Crippen LogP contribution in [0.25, 0.3) is 27.0 Å². The molecule has 2 aromatic heterocycles. The maximum atomic E-state index is 12.2. The Labute approximate surface area is 117 Å². The third kappa shape index (κ3) is 1.92. The summed E-state index contributed by atoms with van der Waals surface area (Å²) in [6, 6.07) is 7.06. The largest absolute Gasteiger partial charge is 0.462 e. The van der Waals surface area contributed by atoms with Gasteiger partial charge in [0.1, 0.15) is 5.56 Å². The fourth-order valence-corrected chi connectivity index (χ4v) is 2.14. The van der Waals surface area contributed by atoms with Crippen molar-refractivity contribution in [2.45, 2.75) is 6.92 Å².